The first-order chi connectivity index (χ1) is 15.5. The summed E-state index contributed by atoms with van der Waals surface area (Å²) in [6, 6.07) is 15.5. The number of nitrogens with zero attached hydrogens (tertiary/aromatic N) is 4. The molecule has 0 atom stereocenters. The summed E-state index contributed by atoms with van der Waals surface area (Å²) >= 11 is 1.42. The summed E-state index contributed by atoms with van der Waals surface area (Å²) in [6.45, 7) is 3.75. The van der Waals surface area contributed by atoms with Crippen molar-refractivity contribution in [3.63, 3.8) is 0 Å². The van der Waals surface area contributed by atoms with Crippen LogP contribution in [0.4, 0.5) is 10.8 Å². The second-order valence-corrected chi connectivity index (χ2v) is 8.51. The fourth-order valence-corrected chi connectivity index (χ4v) is 4.69. The molecule has 0 fully saturated rings. The molecule has 0 saturated heterocycles. The van der Waals surface area contributed by atoms with Gasteiger partial charge in [-0.3, -0.25) is 14.5 Å². The van der Waals surface area contributed by atoms with Crippen LogP contribution in [0, 0.1) is 6.92 Å². The van der Waals surface area contributed by atoms with Crippen LogP contribution in [-0.4, -0.2) is 20.4 Å². The molecule has 3 aromatic heterocycles. The molecule has 7 nitrogen and oxygen atoms in total. The van der Waals surface area contributed by atoms with Crippen LogP contribution in [-0.2, 0) is 13.5 Å². The molecular formula is C24H20N4O3S. The third kappa shape index (κ3) is 3.20. The SMILES string of the molecule is CCc1ccc(N(C(=O)c2c(C)oc3ncn(C)c(=O)c23)c2nc3ccccc3s2)cc1. The third-order valence-electron chi connectivity index (χ3n) is 5.44. The van der Waals surface area contributed by atoms with Crippen molar-refractivity contribution in [2.45, 2.75) is 20.3 Å². The van der Waals surface area contributed by atoms with Crippen molar-refractivity contribution in [1.29, 1.82) is 0 Å². The van der Waals surface area contributed by atoms with E-state index < -0.39 is 0 Å². The lowest BCUT2D eigenvalue weighted by molar-refractivity contribution is 0.0999. The largest absolute Gasteiger partial charge is 0.442 e. The van der Waals surface area contributed by atoms with E-state index in [1.807, 2.05) is 48.5 Å². The van der Waals surface area contributed by atoms with Crippen LogP contribution in [0.15, 0.2) is 64.1 Å². The quantitative estimate of drug-likeness (QED) is 0.390. The molecule has 1 amide bonds. The minimum atomic E-state index is -0.380. The minimum Gasteiger partial charge on any atom is -0.442 e. The number of furan rings is 1. The number of thiazole rings is 1. The predicted octanol–water partition coefficient (Wildman–Crippen LogP) is 4.99. The summed E-state index contributed by atoms with van der Waals surface area (Å²) in [7, 11) is 1.60. The van der Waals surface area contributed by atoms with E-state index in [1.54, 1.807) is 18.9 Å². The standard InChI is InChI=1S/C24H20N4O3S/c1-4-15-9-11-16(12-10-15)28(24-26-17-7-5-6-8-18(17)32-24)23(30)19-14(2)31-21-20(19)22(29)27(3)13-25-21/h5-13H,4H2,1-3H3. The first kappa shape index (κ1) is 20.1. The number of fused-ring (bicyclic) bond motifs is 2. The average molecular weight is 445 g/mol. The molecule has 0 N–H and O–H groups in total. The van der Waals surface area contributed by atoms with Gasteiger partial charge in [0.15, 0.2) is 5.13 Å². The molecule has 0 aliphatic rings. The number of rotatable bonds is 4. The Morgan fingerprint density at radius 3 is 2.62 bits per heavy atom. The zero-order valence-electron chi connectivity index (χ0n) is 17.8. The number of aryl methyl sites for hydroxylation is 3. The van der Waals surface area contributed by atoms with Gasteiger partial charge in [0.1, 0.15) is 17.5 Å². The van der Waals surface area contributed by atoms with E-state index in [0.717, 1.165) is 22.2 Å². The fraction of sp³-hybridized carbons (Fsp3) is 0.167. The minimum absolute atomic E-state index is 0.152. The summed E-state index contributed by atoms with van der Waals surface area (Å²) in [5, 5.41) is 0.698. The Balaban J connectivity index is 1.74. The second kappa shape index (κ2) is 7.72. The van der Waals surface area contributed by atoms with Gasteiger partial charge in [0.2, 0.25) is 5.71 Å². The molecular weight excluding hydrogens is 424 g/mol. The highest BCUT2D eigenvalue weighted by atomic mass is 32.1. The van der Waals surface area contributed by atoms with Gasteiger partial charge in [-0.15, -0.1) is 0 Å². The highest BCUT2D eigenvalue weighted by molar-refractivity contribution is 7.22. The Bertz CT molecular complexity index is 1500. The molecule has 2 aromatic carbocycles. The van der Waals surface area contributed by atoms with Gasteiger partial charge in [0.25, 0.3) is 11.5 Å². The lowest BCUT2D eigenvalue weighted by atomic mass is 10.1. The maximum Gasteiger partial charge on any atom is 0.269 e. The van der Waals surface area contributed by atoms with E-state index in [0.29, 0.717) is 16.6 Å². The Hall–Kier alpha value is -3.78. The fourth-order valence-electron chi connectivity index (χ4n) is 3.71. The summed E-state index contributed by atoms with van der Waals surface area (Å²) in [5.41, 5.74) is 2.66. The molecule has 32 heavy (non-hydrogen) atoms. The van der Waals surface area contributed by atoms with E-state index >= 15 is 0 Å². The highest BCUT2D eigenvalue weighted by Crippen LogP contribution is 2.36. The van der Waals surface area contributed by atoms with E-state index in [4.69, 9.17) is 9.40 Å². The summed E-state index contributed by atoms with van der Waals surface area (Å²) in [5.74, 6) is -0.0354. The van der Waals surface area contributed by atoms with E-state index in [2.05, 4.69) is 11.9 Å². The normalized spacial score (nSPS) is 11.3. The number of carbonyl (C=O) groups excluding carboxylic acids is 1. The number of carbonyl (C=O) groups is 1. The number of hydrogen-bond donors (Lipinski definition) is 0. The van der Waals surface area contributed by atoms with Crippen LogP contribution in [0.25, 0.3) is 21.3 Å². The molecule has 0 aliphatic heterocycles. The number of amides is 1. The van der Waals surface area contributed by atoms with Crippen LogP contribution in [0.2, 0.25) is 0 Å². The zero-order valence-corrected chi connectivity index (χ0v) is 18.6. The highest BCUT2D eigenvalue weighted by Gasteiger charge is 2.30. The summed E-state index contributed by atoms with van der Waals surface area (Å²) in [4.78, 5) is 37.3. The number of aromatic nitrogens is 3. The lowest BCUT2D eigenvalue weighted by Crippen LogP contribution is -2.28. The summed E-state index contributed by atoms with van der Waals surface area (Å²) in [6.07, 6.45) is 2.28. The molecule has 0 saturated carbocycles. The third-order valence-corrected chi connectivity index (χ3v) is 6.46. The van der Waals surface area contributed by atoms with E-state index in [1.165, 1.54) is 22.2 Å². The van der Waals surface area contributed by atoms with Crippen LogP contribution in [0.3, 0.4) is 0 Å². The van der Waals surface area contributed by atoms with Gasteiger partial charge in [0, 0.05) is 7.05 Å². The van der Waals surface area contributed by atoms with Gasteiger partial charge in [0.05, 0.1) is 21.5 Å². The first-order valence-corrected chi connectivity index (χ1v) is 11.0. The molecule has 0 aliphatic carbocycles. The molecule has 0 unspecified atom stereocenters. The summed E-state index contributed by atoms with van der Waals surface area (Å²) < 4.78 is 7.99. The van der Waals surface area contributed by atoms with E-state index in [9.17, 15) is 9.59 Å². The topological polar surface area (TPSA) is 81.2 Å². The number of anilines is 2. The van der Waals surface area contributed by atoms with Gasteiger partial charge in [-0.1, -0.05) is 42.5 Å². The van der Waals surface area contributed by atoms with Gasteiger partial charge < -0.3 is 8.98 Å². The Morgan fingerprint density at radius 1 is 1.16 bits per heavy atom. The molecule has 0 radical (unpaired) electrons. The van der Waals surface area contributed by atoms with Gasteiger partial charge in [-0.25, -0.2) is 9.97 Å². The van der Waals surface area contributed by atoms with Crippen LogP contribution in [0.5, 0.6) is 0 Å². The number of hydrogen-bond acceptors (Lipinski definition) is 6. The van der Waals surface area contributed by atoms with Crippen LogP contribution < -0.4 is 10.5 Å². The van der Waals surface area contributed by atoms with Gasteiger partial charge >= 0.3 is 0 Å². The zero-order chi connectivity index (χ0) is 22.4. The van der Waals surface area contributed by atoms with Crippen molar-refractivity contribution >= 4 is 49.4 Å². The van der Waals surface area contributed by atoms with Crippen molar-refractivity contribution in [3.8, 4) is 0 Å². The first-order valence-electron chi connectivity index (χ1n) is 10.2. The smallest absolute Gasteiger partial charge is 0.269 e. The molecule has 0 spiro atoms. The molecule has 8 heteroatoms. The Kier molecular flexibility index (Phi) is 4.86. The monoisotopic (exact) mass is 444 g/mol. The van der Waals surface area contributed by atoms with Crippen LogP contribution in [0.1, 0.15) is 28.6 Å². The molecule has 0 bridgehead atoms. The maximum atomic E-state index is 14.0. The van der Waals surface area contributed by atoms with Crippen molar-refractivity contribution < 1.29 is 9.21 Å². The number of para-hydroxylation sites is 1. The molecule has 3 heterocycles. The average Bonchev–Trinajstić information content (AvgIpc) is 3.37. The van der Waals surface area contributed by atoms with Crippen molar-refractivity contribution in [1.82, 2.24) is 14.5 Å². The molecule has 5 rings (SSSR count). The maximum absolute atomic E-state index is 14.0. The van der Waals surface area contributed by atoms with Crippen molar-refractivity contribution in [2.75, 3.05) is 4.90 Å². The van der Waals surface area contributed by atoms with Crippen molar-refractivity contribution in [2.24, 2.45) is 7.05 Å². The Labute approximate surface area is 187 Å². The molecule has 160 valence electrons. The lowest BCUT2D eigenvalue weighted by Gasteiger charge is -2.20. The predicted molar refractivity (Wildman–Crippen MR) is 126 cm³/mol. The van der Waals surface area contributed by atoms with Crippen molar-refractivity contribution in [3.05, 3.63) is 82.1 Å². The second-order valence-electron chi connectivity index (χ2n) is 7.50. The van der Waals surface area contributed by atoms with Crippen LogP contribution >= 0.6 is 11.3 Å². The molecule has 5 aromatic rings. The van der Waals surface area contributed by atoms with Gasteiger partial charge in [-0.2, -0.15) is 0 Å². The van der Waals surface area contributed by atoms with Gasteiger partial charge in [-0.05, 0) is 43.2 Å². The Morgan fingerprint density at radius 2 is 1.91 bits per heavy atom. The van der Waals surface area contributed by atoms with E-state index in [-0.39, 0.29) is 28.1 Å². The number of benzene rings is 2.